The van der Waals surface area contributed by atoms with Crippen LogP contribution in [0.2, 0.25) is 0 Å². The van der Waals surface area contributed by atoms with E-state index in [0.29, 0.717) is 11.5 Å². The second kappa shape index (κ2) is 5.05. The van der Waals surface area contributed by atoms with Crippen LogP contribution in [0.5, 0.6) is 0 Å². The van der Waals surface area contributed by atoms with Gasteiger partial charge in [0.05, 0.1) is 5.60 Å². The molecule has 1 fully saturated rings. The molecule has 2 atom stereocenters. The van der Waals surface area contributed by atoms with Gasteiger partial charge in [0.15, 0.2) is 0 Å². The summed E-state index contributed by atoms with van der Waals surface area (Å²) in [6, 6.07) is 0.521. The average molecular weight is 227 g/mol. The first-order chi connectivity index (χ1) is 7.20. The van der Waals surface area contributed by atoms with Gasteiger partial charge in [-0.2, -0.15) is 5.48 Å². The quantitative estimate of drug-likeness (QED) is 0.722. The van der Waals surface area contributed by atoms with Gasteiger partial charge in [-0.1, -0.05) is 33.6 Å². The Kier molecular flexibility index (Phi) is 4.42. The molecule has 1 saturated carbocycles. The van der Waals surface area contributed by atoms with Gasteiger partial charge in [-0.05, 0) is 44.9 Å². The molecule has 0 heterocycles. The number of hydrogen-bond donors (Lipinski definition) is 1. The maximum absolute atomic E-state index is 5.74. The van der Waals surface area contributed by atoms with Gasteiger partial charge >= 0.3 is 0 Å². The van der Waals surface area contributed by atoms with Crippen LogP contribution >= 0.6 is 0 Å². The summed E-state index contributed by atoms with van der Waals surface area (Å²) in [6.07, 6.45) is 5.28. The summed E-state index contributed by atoms with van der Waals surface area (Å²) in [5.41, 5.74) is 3.60. The van der Waals surface area contributed by atoms with Crippen LogP contribution in [-0.2, 0) is 4.84 Å². The van der Waals surface area contributed by atoms with Crippen molar-refractivity contribution in [1.29, 1.82) is 0 Å². The van der Waals surface area contributed by atoms with E-state index in [4.69, 9.17) is 4.84 Å². The van der Waals surface area contributed by atoms with Crippen LogP contribution in [0.15, 0.2) is 0 Å². The molecule has 16 heavy (non-hydrogen) atoms. The maximum atomic E-state index is 5.74. The molecular weight excluding hydrogens is 198 g/mol. The van der Waals surface area contributed by atoms with Gasteiger partial charge in [0.1, 0.15) is 0 Å². The SMILES string of the molecule is CC(C)(C)ONC1CCCCC1C(C)(C)C. The van der Waals surface area contributed by atoms with Crippen LogP contribution in [0.1, 0.15) is 67.2 Å². The zero-order chi connectivity index (χ0) is 12.4. The van der Waals surface area contributed by atoms with E-state index in [0.717, 1.165) is 5.92 Å². The van der Waals surface area contributed by atoms with Crippen molar-refractivity contribution in [2.45, 2.75) is 78.9 Å². The molecule has 0 aliphatic heterocycles. The molecule has 0 saturated heterocycles. The Morgan fingerprint density at radius 2 is 1.50 bits per heavy atom. The lowest BCUT2D eigenvalue weighted by Crippen LogP contribution is -2.46. The molecule has 2 heteroatoms. The van der Waals surface area contributed by atoms with Crippen molar-refractivity contribution in [3.8, 4) is 0 Å². The Labute approximate surface area is 101 Å². The van der Waals surface area contributed by atoms with Crippen molar-refractivity contribution >= 4 is 0 Å². The molecule has 0 bridgehead atoms. The van der Waals surface area contributed by atoms with E-state index < -0.39 is 0 Å². The predicted molar refractivity (Wildman–Crippen MR) is 69.2 cm³/mol. The molecule has 2 nitrogen and oxygen atoms in total. The van der Waals surface area contributed by atoms with E-state index in [2.05, 4.69) is 47.0 Å². The molecule has 1 N–H and O–H groups in total. The molecular formula is C14H29NO. The minimum atomic E-state index is -0.0973. The Balaban J connectivity index is 2.54. The van der Waals surface area contributed by atoms with Crippen molar-refractivity contribution in [2.75, 3.05) is 0 Å². The first-order valence-corrected chi connectivity index (χ1v) is 6.64. The summed E-state index contributed by atoms with van der Waals surface area (Å²) in [6.45, 7) is 13.3. The number of hydroxylamine groups is 1. The summed E-state index contributed by atoms with van der Waals surface area (Å²) >= 11 is 0. The molecule has 1 aliphatic carbocycles. The highest BCUT2D eigenvalue weighted by Gasteiger charge is 2.34. The molecule has 0 aromatic carbocycles. The summed E-state index contributed by atoms with van der Waals surface area (Å²) < 4.78 is 0. The highest BCUT2D eigenvalue weighted by molar-refractivity contribution is 4.86. The van der Waals surface area contributed by atoms with Crippen LogP contribution in [0.3, 0.4) is 0 Å². The van der Waals surface area contributed by atoms with Gasteiger partial charge in [-0.15, -0.1) is 0 Å². The van der Waals surface area contributed by atoms with Gasteiger partial charge in [-0.25, -0.2) is 0 Å². The molecule has 0 amide bonds. The highest BCUT2D eigenvalue weighted by atomic mass is 16.7. The van der Waals surface area contributed by atoms with Crippen LogP contribution in [-0.4, -0.2) is 11.6 Å². The zero-order valence-electron chi connectivity index (χ0n) is 11.9. The highest BCUT2D eigenvalue weighted by Crippen LogP contribution is 2.38. The molecule has 0 radical (unpaired) electrons. The Bertz CT molecular complexity index is 212. The summed E-state index contributed by atoms with van der Waals surface area (Å²) in [5.74, 6) is 0.726. The number of rotatable bonds is 2. The topological polar surface area (TPSA) is 21.3 Å². The first-order valence-electron chi connectivity index (χ1n) is 6.64. The van der Waals surface area contributed by atoms with Gasteiger partial charge in [0.25, 0.3) is 0 Å². The van der Waals surface area contributed by atoms with Crippen molar-refractivity contribution in [3.63, 3.8) is 0 Å². The average Bonchev–Trinajstić information content (AvgIpc) is 2.12. The van der Waals surface area contributed by atoms with Gasteiger partial charge in [-0.3, -0.25) is 4.84 Å². The largest absolute Gasteiger partial charge is 0.296 e. The second-order valence-electron chi connectivity index (χ2n) is 7.20. The maximum Gasteiger partial charge on any atom is 0.0813 e. The van der Waals surface area contributed by atoms with E-state index in [1.54, 1.807) is 0 Å². The molecule has 0 spiro atoms. The summed E-state index contributed by atoms with van der Waals surface area (Å²) in [5, 5.41) is 0. The van der Waals surface area contributed by atoms with Gasteiger partial charge in [0, 0.05) is 6.04 Å². The third-order valence-electron chi connectivity index (χ3n) is 3.39. The normalized spacial score (nSPS) is 28.1. The van der Waals surface area contributed by atoms with Crippen molar-refractivity contribution < 1.29 is 4.84 Å². The molecule has 1 aliphatic rings. The Hall–Kier alpha value is -0.0800. The zero-order valence-corrected chi connectivity index (χ0v) is 11.9. The Morgan fingerprint density at radius 3 is 2.00 bits per heavy atom. The van der Waals surface area contributed by atoms with E-state index in [-0.39, 0.29) is 5.60 Å². The minimum Gasteiger partial charge on any atom is -0.296 e. The lowest BCUT2D eigenvalue weighted by atomic mass is 9.70. The fourth-order valence-corrected chi connectivity index (χ4v) is 2.56. The van der Waals surface area contributed by atoms with E-state index in [9.17, 15) is 0 Å². The predicted octanol–water partition coefficient (Wildman–Crippen LogP) is 3.91. The molecule has 2 unspecified atom stereocenters. The van der Waals surface area contributed by atoms with E-state index >= 15 is 0 Å². The van der Waals surface area contributed by atoms with Gasteiger partial charge < -0.3 is 0 Å². The van der Waals surface area contributed by atoms with Crippen LogP contribution in [0.4, 0.5) is 0 Å². The summed E-state index contributed by atoms with van der Waals surface area (Å²) in [4.78, 5) is 5.74. The lowest BCUT2D eigenvalue weighted by Gasteiger charge is -2.41. The van der Waals surface area contributed by atoms with Crippen LogP contribution in [0.25, 0.3) is 0 Å². The standard InChI is InChI=1S/C14H29NO/c1-13(2,3)11-9-7-8-10-12(11)15-16-14(4,5)6/h11-12,15H,7-10H2,1-6H3. The van der Waals surface area contributed by atoms with Gasteiger partial charge in [0.2, 0.25) is 0 Å². The second-order valence-corrected chi connectivity index (χ2v) is 7.20. The Morgan fingerprint density at radius 1 is 0.938 bits per heavy atom. The fraction of sp³-hybridized carbons (Fsp3) is 1.00. The number of nitrogens with one attached hydrogen (secondary N) is 1. The van der Waals surface area contributed by atoms with Crippen molar-refractivity contribution in [2.24, 2.45) is 11.3 Å². The van der Waals surface area contributed by atoms with Crippen molar-refractivity contribution in [3.05, 3.63) is 0 Å². The lowest BCUT2D eigenvalue weighted by molar-refractivity contribution is -0.109. The van der Waals surface area contributed by atoms with Crippen molar-refractivity contribution in [1.82, 2.24) is 5.48 Å². The van der Waals surface area contributed by atoms with Crippen LogP contribution in [0, 0.1) is 11.3 Å². The molecule has 96 valence electrons. The third-order valence-corrected chi connectivity index (χ3v) is 3.39. The molecule has 1 rings (SSSR count). The first kappa shape index (κ1) is 14.0. The fourth-order valence-electron chi connectivity index (χ4n) is 2.56. The third kappa shape index (κ3) is 4.42. The molecule has 0 aromatic heterocycles. The van der Waals surface area contributed by atoms with Crippen LogP contribution < -0.4 is 5.48 Å². The summed E-state index contributed by atoms with van der Waals surface area (Å²) in [7, 11) is 0. The van der Waals surface area contributed by atoms with E-state index in [1.807, 2.05) is 0 Å². The smallest absolute Gasteiger partial charge is 0.0813 e. The molecule has 0 aromatic rings. The number of hydrogen-bond acceptors (Lipinski definition) is 2. The minimum absolute atomic E-state index is 0.0973. The monoisotopic (exact) mass is 227 g/mol. The van der Waals surface area contributed by atoms with E-state index in [1.165, 1.54) is 25.7 Å².